The van der Waals surface area contributed by atoms with Crippen molar-refractivity contribution in [3.8, 4) is 28.3 Å². The quantitative estimate of drug-likeness (QED) is 0.245. The van der Waals surface area contributed by atoms with E-state index in [-0.39, 0.29) is 27.5 Å². The largest absolute Gasteiger partial charge is 0.481 e. The van der Waals surface area contributed by atoms with Gasteiger partial charge in [0.1, 0.15) is 5.56 Å². The molecule has 0 spiro atoms. The average molecular weight is 645 g/mol. The van der Waals surface area contributed by atoms with Gasteiger partial charge < -0.3 is 25.2 Å². The fourth-order valence-electron chi connectivity index (χ4n) is 4.83. The first kappa shape index (κ1) is 30.9. The minimum atomic E-state index is -0.680. The summed E-state index contributed by atoms with van der Waals surface area (Å²) in [6.07, 6.45) is 0.134. The summed E-state index contributed by atoms with van der Waals surface area (Å²) in [5, 5.41) is 20.7. The smallest absolute Gasteiger partial charge is 0.279 e. The summed E-state index contributed by atoms with van der Waals surface area (Å²) in [6, 6.07) is 15.5. The van der Waals surface area contributed by atoms with Crippen molar-refractivity contribution in [3.63, 3.8) is 0 Å². The molecule has 0 saturated carbocycles. The Hall–Kier alpha value is -3.51. The highest BCUT2D eigenvalue weighted by molar-refractivity contribution is 6.39. The Morgan fingerprint density at radius 2 is 1.81 bits per heavy atom. The Morgan fingerprint density at radius 3 is 2.56 bits per heavy atom. The molecule has 4 aromatic rings. The van der Waals surface area contributed by atoms with Crippen molar-refractivity contribution in [1.29, 1.82) is 0 Å². The van der Waals surface area contributed by atoms with Gasteiger partial charge in [-0.25, -0.2) is 9.67 Å². The number of ether oxygens (including phenoxy) is 2. The number of amides is 1. The second-order valence-electron chi connectivity index (χ2n) is 9.88. The van der Waals surface area contributed by atoms with Gasteiger partial charge in [-0.3, -0.25) is 9.59 Å². The van der Waals surface area contributed by atoms with Crippen molar-refractivity contribution in [1.82, 2.24) is 20.1 Å². The fourth-order valence-corrected chi connectivity index (χ4v) is 5.65. The molecule has 1 saturated heterocycles. The molecule has 1 aliphatic rings. The third kappa shape index (κ3) is 6.70. The van der Waals surface area contributed by atoms with E-state index in [9.17, 15) is 14.7 Å². The number of halogens is 3. The van der Waals surface area contributed by atoms with E-state index in [1.54, 1.807) is 25.3 Å². The summed E-state index contributed by atoms with van der Waals surface area (Å²) >= 11 is 19.6. The van der Waals surface area contributed by atoms with Gasteiger partial charge in [0.25, 0.3) is 11.5 Å². The molecule has 1 unspecified atom stereocenters. The van der Waals surface area contributed by atoms with E-state index >= 15 is 0 Å². The Labute approximate surface area is 262 Å². The number of anilines is 1. The molecule has 3 N–H and O–H groups in total. The Morgan fingerprint density at radius 1 is 1.09 bits per heavy atom. The second-order valence-corrected chi connectivity index (χ2v) is 11.0. The number of aliphatic hydroxyl groups excluding tert-OH is 1. The lowest BCUT2D eigenvalue weighted by Crippen LogP contribution is -2.46. The molecular formula is C30H28Cl3N5O5. The lowest BCUT2D eigenvalue weighted by Gasteiger charge is -2.28. The van der Waals surface area contributed by atoms with Crippen LogP contribution in [0.4, 0.5) is 5.69 Å². The van der Waals surface area contributed by atoms with E-state index < -0.39 is 17.6 Å². The van der Waals surface area contributed by atoms with E-state index in [0.29, 0.717) is 59.5 Å². The molecule has 0 bridgehead atoms. The normalized spacial score (nSPS) is 16.6. The maximum Gasteiger partial charge on any atom is 0.279 e. The van der Waals surface area contributed by atoms with Gasteiger partial charge in [0.05, 0.1) is 41.2 Å². The Bertz CT molecular complexity index is 1730. The number of aryl methyl sites for hydroxylation is 1. The molecule has 5 rings (SSSR count). The van der Waals surface area contributed by atoms with Crippen molar-refractivity contribution in [2.45, 2.75) is 25.1 Å². The van der Waals surface area contributed by atoms with Crippen LogP contribution < -0.4 is 20.9 Å². The summed E-state index contributed by atoms with van der Waals surface area (Å²) in [7, 11) is 2.95. The molecule has 224 valence electrons. The second kappa shape index (κ2) is 13.4. The van der Waals surface area contributed by atoms with Gasteiger partial charge in [0.15, 0.2) is 5.15 Å². The number of hydrogen-bond donors (Lipinski definition) is 3. The molecule has 1 aliphatic heterocycles. The minimum Gasteiger partial charge on any atom is -0.481 e. The maximum atomic E-state index is 12.9. The zero-order valence-corrected chi connectivity index (χ0v) is 25.5. The third-order valence-electron chi connectivity index (χ3n) is 7.10. The predicted octanol–water partition coefficient (Wildman–Crippen LogP) is 4.97. The SMILES string of the molecule is COc1nc(-c2cccc(-c3cccc(NC(=O)c4cc(Cl)nn(C)c4=O)c3Cl)c2Cl)ccc1CNC1CCOC[C@@H]1O. The molecule has 2 aromatic carbocycles. The van der Waals surface area contributed by atoms with Crippen molar-refractivity contribution < 1.29 is 19.4 Å². The molecule has 43 heavy (non-hydrogen) atoms. The van der Waals surface area contributed by atoms with Crippen LogP contribution in [0.1, 0.15) is 22.3 Å². The summed E-state index contributed by atoms with van der Waals surface area (Å²) in [6.45, 7) is 1.36. The van der Waals surface area contributed by atoms with Crippen molar-refractivity contribution in [3.05, 3.63) is 91.3 Å². The zero-order valence-electron chi connectivity index (χ0n) is 23.2. The minimum absolute atomic E-state index is 0.00310. The molecule has 13 heteroatoms. The van der Waals surface area contributed by atoms with Crippen LogP contribution in [0.3, 0.4) is 0 Å². The number of aromatic nitrogens is 3. The number of carbonyl (C=O) groups excluding carboxylic acids is 1. The van der Waals surface area contributed by atoms with Gasteiger partial charge in [0, 0.05) is 48.5 Å². The number of nitrogens with zero attached hydrogens (tertiary/aromatic N) is 3. The Balaban J connectivity index is 1.41. The molecule has 3 heterocycles. The summed E-state index contributed by atoms with van der Waals surface area (Å²) in [5.74, 6) is -0.251. The molecule has 0 aliphatic carbocycles. The topological polar surface area (TPSA) is 128 Å². The van der Waals surface area contributed by atoms with E-state index in [1.165, 1.54) is 13.1 Å². The average Bonchev–Trinajstić information content (AvgIpc) is 3.00. The lowest BCUT2D eigenvalue weighted by molar-refractivity contribution is -0.0281. The first-order valence-electron chi connectivity index (χ1n) is 13.3. The number of hydrogen-bond acceptors (Lipinski definition) is 8. The fraction of sp³-hybridized carbons (Fsp3) is 0.267. The zero-order chi connectivity index (χ0) is 30.7. The van der Waals surface area contributed by atoms with Crippen LogP contribution in [0.15, 0.2) is 59.4 Å². The standard InChI is InChI=1S/C30H28Cl3N5O5/c1-38-30(41)20(13-25(31)37-38)28(40)35-23-8-4-6-18(27(23)33)17-5-3-7-19(26(17)32)21-10-9-16(29(36-21)42-2)14-34-22-11-12-43-15-24(22)39/h3-10,13,22,24,34,39H,11-12,14-15H2,1-2H3,(H,35,40)/t22?,24-/m0/s1. The van der Waals surface area contributed by atoms with Gasteiger partial charge >= 0.3 is 0 Å². The van der Waals surface area contributed by atoms with Gasteiger partial charge in [-0.05, 0) is 24.6 Å². The highest BCUT2D eigenvalue weighted by atomic mass is 35.5. The van der Waals surface area contributed by atoms with Crippen LogP contribution in [0.2, 0.25) is 15.2 Å². The Kier molecular flexibility index (Phi) is 9.65. The maximum absolute atomic E-state index is 12.9. The summed E-state index contributed by atoms with van der Waals surface area (Å²) < 4.78 is 11.9. The predicted molar refractivity (Wildman–Crippen MR) is 166 cm³/mol. The van der Waals surface area contributed by atoms with Gasteiger partial charge in [-0.15, -0.1) is 0 Å². The number of nitrogens with one attached hydrogen (secondary N) is 2. The van der Waals surface area contributed by atoms with Crippen LogP contribution in [0.25, 0.3) is 22.4 Å². The molecule has 1 fully saturated rings. The van der Waals surface area contributed by atoms with Gasteiger partial charge in [-0.2, -0.15) is 5.10 Å². The number of benzene rings is 2. The molecular weight excluding hydrogens is 617 g/mol. The van der Waals surface area contributed by atoms with Crippen LogP contribution in [0.5, 0.6) is 5.88 Å². The monoisotopic (exact) mass is 643 g/mol. The van der Waals surface area contributed by atoms with Gasteiger partial charge in [-0.1, -0.05) is 71.2 Å². The van der Waals surface area contributed by atoms with E-state index in [4.69, 9.17) is 49.3 Å². The third-order valence-corrected chi connectivity index (χ3v) is 8.10. The van der Waals surface area contributed by atoms with Crippen LogP contribution in [-0.2, 0) is 18.3 Å². The van der Waals surface area contributed by atoms with Crippen molar-refractivity contribution >= 4 is 46.4 Å². The number of pyridine rings is 1. The molecule has 0 radical (unpaired) electrons. The number of rotatable bonds is 8. The van der Waals surface area contributed by atoms with E-state index in [0.717, 1.165) is 10.2 Å². The van der Waals surface area contributed by atoms with Crippen LogP contribution in [-0.4, -0.2) is 58.2 Å². The van der Waals surface area contributed by atoms with Crippen molar-refractivity contribution in [2.24, 2.45) is 7.05 Å². The highest BCUT2D eigenvalue weighted by Gasteiger charge is 2.24. The first-order valence-corrected chi connectivity index (χ1v) is 14.5. The lowest BCUT2D eigenvalue weighted by atomic mass is 10.00. The van der Waals surface area contributed by atoms with E-state index in [2.05, 4.69) is 15.7 Å². The number of methoxy groups -OCH3 is 1. The van der Waals surface area contributed by atoms with E-state index in [1.807, 2.05) is 30.3 Å². The number of carbonyl (C=O) groups is 1. The summed E-state index contributed by atoms with van der Waals surface area (Å²) in [5.41, 5.74) is 2.75. The van der Waals surface area contributed by atoms with Gasteiger partial charge in [0.2, 0.25) is 5.88 Å². The molecule has 2 atom stereocenters. The van der Waals surface area contributed by atoms with Crippen LogP contribution >= 0.6 is 34.8 Å². The van der Waals surface area contributed by atoms with Crippen molar-refractivity contribution in [2.75, 3.05) is 25.6 Å². The summed E-state index contributed by atoms with van der Waals surface area (Å²) in [4.78, 5) is 30.1. The first-order chi connectivity index (χ1) is 20.7. The molecule has 2 aromatic heterocycles. The molecule has 10 nitrogen and oxygen atoms in total. The number of aliphatic hydroxyl groups is 1. The molecule has 1 amide bonds. The highest BCUT2D eigenvalue weighted by Crippen LogP contribution is 2.41. The van der Waals surface area contributed by atoms with Crippen LogP contribution in [0, 0.1) is 0 Å².